The van der Waals surface area contributed by atoms with E-state index in [0.717, 1.165) is 18.2 Å². The second kappa shape index (κ2) is 5.26. The standard InChI is InChI=1S/C15H18N4/c1-11-4-2-3-5-12(11)9-16-14-8-15(18-10-17-14)19-13-6-7-13/h2-5,8,10,13H,6-7,9H2,1H3,(H2,16,17,18,19). The van der Waals surface area contributed by atoms with Crippen LogP contribution < -0.4 is 10.6 Å². The van der Waals surface area contributed by atoms with Crippen LogP contribution in [0.15, 0.2) is 36.7 Å². The molecule has 1 aromatic carbocycles. The first kappa shape index (κ1) is 12.0. The molecule has 1 saturated carbocycles. The van der Waals surface area contributed by atoms with E-state index in [0.29, 0.717) is 6.04 Å². The zero-order chi connectivity index (χ0) is 13.1. The maximum Gasteiger partial charge on any atom is 0.131 e. The fourth-order valence-electron chi connectivity index (χ4n) is 1.96. The molecule has 0 radical (unpaired) electrons. The number of hydrogen-bond donors (Lipinski definition) is 2. The Morgan fingerprint density at radius 1 is 1.16 bits per heavy atom. The summed E-state index contributed by atoms with van der Waals surface area (Å²) in [6.45, 7) is 2.91. The summed E-state index contributed by atoms with van der Waals surface area (Å²) in [6, 6.07) is 10.9. The molecule has 0 atom stereocenters. The monoisotopic (exact) mass is 254 g/mol. The summed E-state index contributed by atoms with van der Waals surface area (Å²) in [5, 5.41) is 6.72. The highest BCUT2D eigenvalue weighted by Crippen LogP contribution is 2.24. The Morgan fingerprint density at radius 3 is 2.74 bits per heavy atom. The Bertz CT molecular complexity index is 564. The maximum absolute atomic E-state index is 4.25. The Labute approximate surface area is 113 Å². The van der Waals surface area contributed by atoms with Gasteiger partial charge in [-0.25, -0.2) is 9.97 Å². The van der Waals surface area contributed by atoms with Gasteiger partial charge in [0.05, 0.1) is 0 Å². The van der Waals surface area contributed by atoms with Gasteiger partial charge in [-0.05, 0) is 30.9 Å². The molecule has 1 aromatic heterocycles. The summed E-state index contributed by atoms with van der Waals surface area (Å²) >= 11 is 0. The van der Waals surface area contributed by atoms with Crippen molar-refractivity contribution in [2.24, 2.45) is 0 Å². The summed E-state index contributed by atoms with van der Waals surface area (Å²) < 4.78 is 0. The zero-order valence-electron chi connectivity index (χ0n) is 11.1. The summed E-state index contributed by atoms with van der Waals surface area (Å²) in [5.74, 6) is 1.77. The molecule has 19 heavy (non-hydrogen) atoms. The van der Waals surface area contributed by atoms with Crippen LogP contribution >= 0.6 is 0 Å². The minimum atomic E-state index is 0.610. The van der Waals surface area contributed by atoms with E-state index in [9.17, 15) is 0 Å². The molecular weight excluding hydrogens is 236 g/mol. The number of rotatable bonds is 5. The summed E-state index contributed by atoms with van der Waals surface area (Å²) in [6.07, 6.45) is 4.09. The van der Waals surface area contributed by atoms with Crippen LogP contribution in [0.4, 0.5) is 11.6 Å². The number of anilines is 2. The lowest BCUT2D eigenvalue weighted by Gasteiger charge is -2.09. The lowest BCUT2D eigenvalue weighted by Crippen LogP contribution is -2.06. The molecule has 0 bridgehead atoms. The van der Waals surface area contributed by atoms with Gasteiger partial charge in [-0.2, -0.15) is 0 Å². The average Bonchev–Trinajstić information content (AvgIpc) is 3.22. The second-order valence-corrected chi connectivity index (χ2v) is 4.99. The van der Waals surface area contributed by atoms with Gasteiger partial charge in [0.15, 0.2) is 0 Å². The van der Waals surface area contributed by atoms with Crippen molar-refractivity contribution < 1.29 is 0 Å². The average molecular weight is 254 g/mol. The Morgan fingerprint density at radius 2 is 1.95 bits per heavy atom. The van der Waals surface area contributed by atoms with E-state index in [1.807, 2.05) is 6.07 Å². The molecule has 0 unspecified atom stereocenters. The molecule has 4 nitrogen and oxygen atoms in total. The quantitative estimate of drug-likeness (QED) is 0.861. The third-order valence-electron chi connectivity index (χ3n) is 3.32. The molecule has 0 spiro atoms. The molecule has 0 amide bonds. The van der Waals surface area contributed by atoms with Crippen molar-refractivity contribution in [1.82, 2.24) is 9.97 Å². The Balaban J connectivity index is 1.64. The van der Waals surface area contributed by atoms with Gasteiger partial charge in [0.25, 0.3) is 0 Å². The van der Waals surface area contributed by atoms with Crippen LogP contribution in [-0.4, -0.2) is 16.0 Å². The van der Waals surface area contributed by atoms with Gasteiger partial charge in [-0.15, -0.1) is 0 Å². The SMILES string of the molecule is Cc1ccccc1CNc1cc(NC2CC2)ncn1. The van der Waals surface area contributed by atoms with Gasteiger partial charge in [-0.3, -0.25) is 0 Å². The van der Waals surface area contributed by atoms with Gasteiger partial charge in [0.1, 0.15) is 18.0 Å². The van der Waals surface area contributed by atoms with Crippen LogP contribution in [0, 0.1) is 6.92 Å². The molecule has 1 aliphatic rings. The number of nitrogens with one attached hydrogen (secondary N) is 2. The predicted octanol–water partition coefficient (Wildman–Crippen LogP) is 2.97. The highest BCUT2D eigenvalue weighted by molar-refractivity contribution is 5.48. The third kappa shape index (κ3) is 3.22. The normalized spacial score (nSPS) is 14.2. The van der Waals surface area contributed by atoms with Crippen molar-refractivity contribution in [2.75, 3.05) is 10.6 Å². The van der Waals surface area contributed by atoms with Gasteiger partial charge in [0, 0.05) is 18.7 Å². The number of benzene rings is 1. The van der Waals surface area contributed by atoms with Crippen LogP contribution in [0.1, 0.15) is 24.0 Å². The lowest BCUT2D eigenvalue weighted by atomic mass is 10.1. The van der Waals surface area contributed by atoms with Crippen molar-refractivity contribution in [2.45, 2.75) is 32.4 Å². The van der Waals surface area contributed by atoms with E-state index < -0.39 is 0 Å². The summed E-state index contributed by atoms with van der Waals surface area (Å²) in [4.78, 5) is 8.48. The highest BCUT2D eigenvalue weighted by Gasteiger charge is 2.21. The highest BCUT2D eigenvalue weighted by atomic mass is 15.1. The van der Waals surface area contributed by atoms with Gasteiger partial charge < -0.3 is 10.6 Å². The summed E-state index contributed by atoms with van der Waals surface area (Å²) in [5.41, 5.74) is 2.58. The van der Waals surface area contributed by atoms with Crippen LogP contribution in [0.5, 0.6) is 0 Å². The van der Waals surface area contributed by atoms with E-state index in [4.69, 9.17) is 0 Å². The van der Waals surface area contributed by atoms with Crippen molar-refractivity contribution in [3.8, 4) is 0 Å². The smallest absolute Gasteiger partial charge is 0.131 e. The van der Waals surface area contributed by atoms with Crippen LogP contribution in [0.25, 0.3) is 0 Å². The van der Waals surface area contributed by atoms with Crippen molar-refractivity contribution >= 4 is 11.6 Å². The largest absolute Gasteiger partial charge is 0.367 e. The van der Waals surface area contributed by atoms with Crippen molar-refractivity contribution in [3.63, 3.8) is 0 Å². The molecular formula is C15H18N4. The Kier molecular flexibility index (Phi) is 3.31. The molecule has 98 valence electrons. The fourth-order valence-corrected chi connectivity index (χ4v) is 1.96. The third-order valence-corrected chi connectivity index (χ3v) is 3.32. The molecule has 0 aliphatic heterocycles. The first-order valence-corrected chi connectivity index (χ1v) is 6.68. The number of nitrogens with zero attached hydrogens (tertiary/aromatic N) is 2. The van der Waals surface area contributed by atoms with Crippen molar-refractivity contribution in [3.05, 3.63) is 47.8 Å². The van der Waals surface area contributed by atoms with Gasteiger partial charge >= 0.3 is 0 Å². The van der Waals surface area contributed by atoms with Gasteiger partial charge in [0.2, 0.25) is 0 Å². The van der Waals surface area contributed by atoms with Gasteiger partial charge in [-0.1, -0.05) is 24.3 Å². The molecule has 1 fully saturated rings. The first-order chi connectivity index (χ1) is 9.31. The topological polar surface area (TPSA) is 49.8 Å². The zero-order valence-corrected chi connectivity index (χ0v) is 11.1. The number of aromatic nitrogens is 2. The fraction of sp³-hybridized carbons (Fsp3) is 0.333. The molecule has 1 heterocycles. The number of aryl methyl sites for hydroxylation is 1. The minimum absolute atomic E-state index is 0.610. The van der Waals surface area contributed by atoms with Crippen LogP contribution in [0.2, 0.25) is 0 Å². The summed E-state index contributed by atoms with van der Waals surface area (Å²) in [7, 11) is 0. The molecule has 4 heteroatoms. The maximum atomic E-state index is 4.25. The molecule has 2 aromatic rings. The first-order valence-electron chi connectivity index (χ1n) is 6.68. The van der Waals surface area contributed by atoms with E-state index in [1.54, 1.807) is 6.33 Å². The number of hydrogen-bond acceptors (Lipinski definition) is 4. The van der Waals surface area contributed by atoms with Crippen LogP contribution in [-0.2, 0) is 6.54 Å². The van der Waals surface area contributed by atoms with Crippen LogP contribution in [0.3, 0.4) is 0 Å². The van der Waals surface area contributed by atoms with E-state index in [-0.39, 0.29) is 0 Å². The van der Waals surface area contributed by atoms with E-state index in [1.165, 1.54) is 24.0 Å². The van der Waals surface area contributed by atoms with E-state index in [2.05, 4.69) is 51.8 Å². The molecule has 0 saturated heterocycles. The molecule has 2 N–H and O–H groups in total. The van der Waals surface area contributed by atoms with E-state index >= 15 is 0 Å². The predicted molar refractivity (Wildman–Crippen MR) is 77.2 cm³/mol. The molecule has 3 rings (SSSR count). The Hall–Kier alpha value is -2.10. The minimum Gasteiger partial charge on any atom is -0.367 e. The van der Waals surface area contributed by atoms with Crippen molar-refractivity contribution in [1.29, 1.82) is 0 Å². The molecule has 1 aliphatic carbocycles. The lowest BCUT2D eigenvalue weighted by molar-refractivity contribution is 1.05. The second-order valence-electron chi connectivity index (χ2n) is 4.99.